The van der Waals surface area contributed by atoms with Crippen LogP contribution in [0, 0.1) is 13.8 Å². The Hall–Kier alpha value is -1.27. The van der Waals surface area contributed by atoms with Crippen LogP contribution in [-0.2, 0) is 11.8 Å². The van der Waals surface area contributed by atoms with Crippen LogP contribution in [0.4, 0.5) is 0 Å². The highest BCUT2D eigenvalue weighted by molar-refractivity contribution is 5.85. The van der Waals surface area contributed by atoms with Gasteiger partial charge in [-0.3, -0.25) is 9.48 Å². The first-order valence-electron chi connectivity index (χ1n) is 7.14. The summed E-state index contributed by atoms with van der Waals surface area (Å²) in [5.41, 5.74) is 1.74. The van der Waals surface area contributed by atoms with E-state index in [4.69, 9.17) is 4.74 Å². The lowest BCUT2D eigenvalue weighted by atomic mass is 10.00. The van der Waals surface area contributed by atoms with Crippen molar-refractivity contribution in [2.75, 3.05) is 13.2 Å². The molecule has 1 saturated heterocycles. The molecule has 0 saturated carbocycles. The summed E-state index contributed by atoms with van der Waals surface area (Å²) in [7, 11) is 1.87. The highest BCUT2D eigenvalue weighted by Crippen LogP contribution is 2.21. The molecule has 0 spiro atoms. The van der Waals surface area contributed by atoms with E-state index in [1.807, 2.05) is 20.9 Å². The van der Waals surface area contributed by atoms with Gasteiger partial charge in [0.25, 0.3) is 5.91 Å². The second-order valence-electron chi connectivity index (χ2n) is 5.47. The van der Waals surface area contributed by atoms with Crippen molar-refractivity contribution < 1.29 is 9.53 Å². The minimum Gasteiger partial charge on any atom is -0.480 e. The van der Waals surface area contributed by atoms with Crippen LogP contribution in [0.1, 0.15) is 31.2 Å². The molecule has 0 bridgehead atoms. The molecule has 7 heteroatoms. The predicted octanol–water partition coefficient (Wildman–Crippen LogP) is 1.09. The van der Waals surface area contributed by atoms with Gasteiger partial charge in [0.1, 0.15) is 5.69 Å². The maximum absolute atomic E-state index is 12.0. The number of nitrogens with zero attached hydrogens (tertiary/aromatic N) is 2. The van der Waals surface area contributed by atoms with E-state index < -0.39 is 0 Å². The Morgan fingerprint density at radius 2 is 2.24 bits per heavy atom. The Bertz CT molecular complexity index is 490. The van der Waals surface area contributed by atoms with Gasteiger partial charge in [-0.1, -0.05) is 0 Å². The number of carbonyl (C=O) groups is 1. The molecule has 1 aliphatic heterocycles. The van der Waals surface area contributed by atoms with Crippen molar-refractivity contribution in [3.8, 4) is 5.75 Å². The van der Waals surface area contributed by atoms with Crippen LogP contribution >= 0.6 is 12.4 Å². The first-order valence-corrected chi connectivity index (χ1v) is 7.14. The molecule has 120 valence electrons. The SMILES string of the molecule is Cc1nn(C)c(C)c1OCC(=O)NC1CCCNC1C.Cl. The summed E-state index contributed by atoms with van der Waals surface area (Å²) in [6, 6.07) is 0.505. The van der Waals surface area contributed by atoms with Gasteiger partial charge >= 0.3 is 0 Å². The lowest BCUT2D eigenvalue weighted by Crippen LogP contribution is -2.52. The molecule has 2 rings (SSSR count). The van der Waals surface area contributed by atoms with E-state index in [0.29, 0.717) is 11.8 Å². The van der Waals surface area contributed by atoms with E-state index in [-0.39, 0.29) is 31.0 Å². The van der Waals surface area contributed by atoms with Crippen LogP contribution < -0.4 is 15.4 Å². The minimum absolute atomic E-state index is 0. The summed E-state index contributed by atoms with van der Waals surface area (Å²) in [6.07, 6.45) is 2.11. The highest BCUT2D eigenvalue weighted by Gasteiger charge is 2.22. The molecule has 21 heavy (non-hydrogen) atoms. The maximum atomic E-state index is 12.0. The van der Waals surface area contributed by atoms with Crippen molar-refractivity contribution in [3.05, 3.63) is 11.4 Å². The molecule has 1 aromatic heterocycles. The lowest BCUT2D eigenvalue weighted by Gasteiger charge is -2.30. The van der Waals surface area contributed by atoms with Crippen LogP contribution in [0.5, 0.6) is 5.75 Å². The molecule has 1 fully saturated rings. The smallest absolute Gasteiger partial charge is 0.258 e. The molecule has 2 N–H and O–H groups in total. The van der Waals surface area contributed by atoms with E-state index in [1.165, 1.54) is 0 Å². The molecule has 1 aromatic rings. The van der Waals surface area contributed by atoms with Gasteiger partial charge in [0, 0.05) is 19.1 Å². The molecule has 6 nitrogen and oxygen atoms in total. The molecule has 1 aliphatic rings. The van der Waals surface area contributed by atoms with Crippen molar-refractivity contribution in [1.82, 2.24) is 20.4 Å². The van der Waals surface area contributed by atoms with E-state index in [9.17, 15) is 4.79 Å². The highest BCUT2D eigenvalue weighted by atomic mass is 35.5. The maximum Gasteiger partial charge on any atom is 0.258 e. The van der Waals surface area contributed by atoms with Gasteiger partial charge in [-0.25, -0.2) is 0 Å². The Balaban J connectivity index is 0.00000220. The fourth-order valence-electron chi connectivity index (χ4n) is 2.59. The van der Waals surface area contributed by atoms with Gasteiger partial charge < -0.3 is 15.4 Å². The number of aromatic nitrogens is 2. The topological polar surface area (TPSA) is 68.2 Å². The molecule has 0 radical (unpaired) electrons. The Labute approximate surface area is 132 Å². The van der Waals surface area contributed by atoms with Gasteiger partial charge in [-0.2, -0.15) is 5.10 Å². The summed E-state index contributed by atoms with van der Waals surface area (Å²) in [4.78, 5) is 12.0. The number of nitrogens with one attached hydrogen (secondary N) is 2. The first kappa shape index (κ1) is 17.8. The van der Waals surface area contributed by atoms with Crippen LogP contribution in [0.2, 0.25) is 0 Å². The average Bonchev–Trinajstić information content (AvgIpc) is 2.64. The van der Waals surface area contributed by atoms with Crippen molar-refractivity contribution >= 4 is 18.3 Å². The Morgan fingerprint density at radius 1 is 1.52 bits per heavy atom. The molecular weight excluding hydrogens is 292 g/mol. The number of hydrogen-bond acceptors (Lipinski definition) is 4. The van der Waals surface area contributed by atoms with Crippen molar-refractivity contribution in [1.29, 1.82) is 0 Å². The van der Waals surface area contributed by atoms with Crippen LogP contribution in [-0.4, -0.2) is 40.9 Å². The molecule has 0 aliphatic carbocycles. The summed E-state index contributed by atoms with van der Waals surface area (Å²) >= 11 is 0. The quantitative estimate of drug-likeness (QED) is 0.872. The fourth-order valence-corrected chi connectivity index (χ4v) is 2.59. The average molecular weight is 317 g/mol. The molecule has 1 amide bonds. The van der Waals surface area contributed by atoms with Crippen molar-refractivity contribution in [2.24, 2.45) is 7.05 Å². The van der Waals surface area contributed by atoms with E-state index in [2.05, 4.69) is 22.7 Å². The van der Waals surface area contributed by atoms with Gasteiger partial charge in [-0.05, 0) is 40.2 Å². The van der Waals surface area contributed by atoms with Gasteiger partial charge in [0.2, 0.25) is 0 Å². The van der Waals surface area contributed by atoms with Crippen LogP contribution in [0.15, 0.2) is 0 Å². The number of amides is 1. The number of ether oxygens (including phenoxy) is 1. The van der Waals surface area contributed by atoms with Gasteiger partial charge in [-0.15, -0.1) is 12.4 Å². The standard InChI is InChI=1S/C14H24N4O2.ClH/c1-9-12(6-5-7-15-9)16-13(19)8-20-14-10(2)17-18(4)11(14)3;/h9,12,15H,5-8H2,1-4H3,(H,16,19);1H. The predicted molar refractivity (Wildman–Crippen MR) is 84.1 cm³/mol. The summed E-state index contributed by atoms with van der Waals surface area (Å²) in [5.74, 6) is 0.630. The molecule has 2 unspecified atom stereocenters. The van der Waals surface area contributed by atoms with E-state index >= 15 is 0 Å². The third-order valence-corrected chi connectivity index (χ3v) is 3.90. The van der Waals surface area contributed by atoms with Gasteiger partial charge in [0.05, 0.1) is 5.69 Å². The van der Waals surface area contributed by atoms with Crippen molar-refractivity contribution in [2.45, 2.75) is 45.7 Å². The van der Waals surface area contributed by atoms with Gasteiger partial charge in [0.15, 0.2) is 12.4 Å². The van der Waals surface area contributed by atoms with E-state index in [0.717, 1.165) is 30.8 Å². The normalized spacial score (nSPS) is 21.5. The molecule has 2 atom stereocenters. The third kappa shape index (κ3) is 4.35. The third-order valence-electron chi connectivity index (χ3n) is 3.90. The fraction of sp³-hybridized carbons (Fsp3) is 0.714. The van der Waals surface area contributed by atoms with Crippen LogP contribution in [0.3, 0.4) is 0 Å². The molecule has 2 heterocycles. The first-order chi connectivity index (χ1) is 9.49. The Morgan fingerprint density at radius 3 is 2.81 bits per heavy atom. The number of hydrogen-bond donors (Lipinski definition) is 2. The molecule has 0 aromatic carbocycles. The number of carbonyl (C=O) groups excluding carboxylic acids is 1. The van der Waals surface area contributed by atoms with Crippen molar-refractivity contribution in [3.63, 3.8) is 0 Å². The zero-order valence-electron chi connectivity index (χ0n) is 13.1. The largest absolute Gasteiger partial charge is 0.480 e. The zero-order valence-corrected chi connectivity index (χ0v) is 13.9. The Kier molecular flexibility index (Phi) is 6.48. The number of rotatable bonds is 4. The number of piperidine rings is 1. The second kappa shape index (κ2) is 7.66. The number of aryl methyl sites for hydroxylation is 2. The lowest BCUT2D eigenvalue weighted by molar-refractivity contribution is -0.124. The summed E-state index contributed by atoms with van der Waals surface area (Å²) < 4.78 is 7.37. The zero-order chi connectivity index (χ0) is 14.7. The number of halogens is 1. The molecular formula is C14H25ClN4O2. The summed E-state index contributed by atoms with van der Waals surface area (Å²) in [6.45, 7) is 6.98. The monoisotopic (exact) mass is 316 g/mol. The summed E-state index contributed by atoms with van der Waals surface area (Å²) in [5, 5.41) is 10.7. The van der Waals surface area contributed by atoms with E-state index in [1.54, 1.807) is 4.68 Å². The minimum atomic E-state index is -0.0757. The second-order valence-corrected chi connectivity index (χ2v) is 5.47. The van der Waals surface area contributed by atoms with Crippen LogP contribution in [0.25, 0.3) is 0 Å².